The Hall–Kier alpha value is -0.910. The molecule has 0 atom stereocenters. The molecule has 1 heterocycles. The summed E-state index contributed by atoms with van der Waals surface area (Å²) in [5, 5.41) is 0. The molecule has 0 aliphatic carbocycles. The van der Waals surface area contributed by atoms with Crippen molar-refractivity contribution in [3.8, 4) is 0 Å². The smallest absolute Gasteiger partial charge is 0.243 e. The second-order valence-corrected chi connectivity index (χ2v) is 8.97. The Kier molecular flexibility index (Phi) is 5.00. The molecule has 1 saturated heterocycles. The van der Waals surface area contributed by atoms with Gasteiger partial charge in [0.15, 0.2) is 0 Å². The summed E-state index contributed by atoms with van der Waals surface area (Å²) in [5.74, 6) is 0. The fourth-order valence-electron chi connectivity index (χ4n) is 2.77. The number of piperazine rings is 1. The lowest BCUT2D eigenvalue weighted by atomic mass is 9.87. The summed E-state index contributed by atoms with van der Waals surface area (Å²) in [5.41, 5.74) is 1.83. The van der Waals surface area contributed by atoms with Gasteiger partial charge in [-0.2, -0.15) is 4.31 Å². The number of aryl methyl sites for hydroxylation is 1. The molecule has 1 aromatic carbocycles. The average molecular weight is 324 g/mol. The maximum atomic E-state index is 13.0. The van der Waals surface area contributed by atoms with Crippen LogP contribution < -0.4 is 0 Å². The molecule has 0 aromatic heterocycles. The van der Waals surface area contributed by atoms with Crippen molar-refractivity contribution < 1.29 is 8.42 Å². The third kappa shape index (κ3) is 3.53. The number of benzene rings is 1. The summed E-state index contributed by atoms with van der Waals surface area (Å²) in [6, 6.07) is 5.82. The van der Waals surface area contributed by atoms with E-state index in [9.17, 15) is 8.42 Å². The van der Waals surface area contributed by atoms with Gasteiger partial charge in [-0.05, 0) is 36.1 Å². The quantitative estimate of drug-likeness (QED) is 0.858. The SMILES string of the molecule is CCN1CCN(S(=O)(=O)c2cc(C(C)(C)C)ccc2C)CC1. The van der Waals surface area contributed by atoms with Crippen LogP contribution in [0.15, 0.2) is 23.1 Å². The van der Waals surface area contributed by atoms with Crippen LogP contribution in [-0.4, -0.2) is 50.3 Å². The summed E-state index contributed by atoms with van der Waals surface area (Å²) < 4.78 is 27.6. The molecule has 22 heavy (non-hydrogen) atoms. The van der Waals surface area contributed by atoms with Gasteiger partial charge < -0.3 is 4.90 Å². The van der Waals surface area contributed by atoms with Crippen molar-refractivity contribution in [2.24, 2.45) is 0 Å². The molecule has 2 rings (SSSR count). The van der Waals surface area contributed by atoms with Crippen LogP contribution >= 0.6 is 0 Å². The van der Waals surface area contributed by atoms with Gasteiger partial charge in [-0.25, -0.2) is 8.42 Å². The predicted molar refractivity (Wildman–Crippen MR) is 90.8 cm³/mol. The second kappa shape index (κ2) is 6.30. The highest BCUT2D eigenvalue weighted by Gasteiger charge is 2.30. The fourth-order valence-corrected chi connectivity index (χ4v) is 4.44. The van der Waals surface area contributed by atoms with E-state index < -0.39 is 10.0 Å². The van der Waals surface area contributed by atoms with E-state index in [0.717, 1.165) is 30.8 Å². The average Bonchev–Trinajstić information content (AvgIpc) is 2.46. The van der Waals surface area contributed by atoms with E-state index in [1.54, 1.807) is 4.31 Å². The number of hydrogen-bond donors (Lipinski definition) is 0. The van der Waals surface area contributed by atoms with E-state index >= 15 is 0 Å². The van der Waals surface area contributed by atoms with E-state index in [1.807, 2.05) is 25.1 Å². The van der Waals surface area contributed by atoms with Gasteiger partial charge in [-0.1, -0.05) is 39.8 Å². The van der Waals surface area contributed by atoms with Gasteiger partial charge in [-0.3, -0.25) is 0 Å². The number of sulfonamides is 1. The summed E-state index contributed by atoms with van der Waals surface area (Å²) in [6.45, 7) is 14.1. The first kappa shape index (κ1) is 17.4. The van der Waals surface area contributed by atoms with Crippen molar-refractivity contribution in [3.05, 3.63) is 29.3 Å². The largest absolute Gasteiger partial charge is 0.301 e. The Bertz CT molecular complexity index is 625. The van der Waals surface area contributed by atoms with Crippen LogP contribution in [0.1, 0.15) is 38.8 Å². The normalized spacial score (nSPS) is 18.6. The Morgan fingerprint density at radius 1 is 1.09 bits per heavy atom. The topological polar surface area (TPSA) is 40.6 Å². The van der Waals surface area contributed by atoms with Gasteiger partial charge in [0.05, 0.1) is 4.90 Å². The van der Waals surface area contributed by atoms with Gasteiger partial charge in [0, 0.05) is 26.2 Å². The molecule has 0 radical (unpaired) electrons. The number of likely N-dealkylation sites (N-methyl/N-ethyl adjacent to an activating group) is 1. The number of rotatable bonds is 3. The molecule has 1 aromatic rings. The van der Waals surface area contributed by atoms with Crippen molar-refractivity contribution in [1.29, 1.82) is 0 Å². The summed E-state index contributed by atoms with van der Waals surface area (Å²) in [4.78, 5) is 2.75. The lowest BCUT2D eigenvalue weighted by Gasteiger charge is -2.33. The second-order valence-electron chi connectivity index (χ2n) is 7.07. The molecule has 0 spiro atoms. The molecule has 0 saturated carbocycles. The van der Waals surface area contributed by atoms with Gasteiger partial charge in [0.1, 0.15) is 0 Å². The third-order valence-electron chi connectivity index (χ3n) is 4.45. The van der Waals surface area contributed by atoms with Gasteiger partial charge in [0.2, 0.25) is 10.0 Å². The van der Waals surface area contributed by atoms with Crippen LogP contribution in [0.25, 0.3) is 0 Å². The van der Waals surface area contributed by atoms with Crippen molar-refractivity contribution in [1.82, 2.24) is 9.21 Å². The molecule has 4 nitrogen and oxygen atoms in total. The molecule has 1 fully saturated rings. The molecular weight excluding hydrogens is 296 g/mol. The lowest BCUT2D eigenvalue weighted by molar-refractivity contribution is 0.196. The standard InChI is InChI=1S/C17H28N2O2S/c1-6-18-9-11-19(12-10-18)22(20,21)16-13-15(17(3,4)5)8-7-14(16)2/h7-8,13H,6,9-12H2,1-5H3. The van der Waals surface area contributed by atoms with Crippen molar-refractivity contribution in [2.45, 2.75) is 44.9 Å². The van der Waals surface area contributed by atoms with E-state index in [1.165, 1.54) is 0 Å². The fraction of sp³-hybridized carbons (Fsp3) is 0.647. The number of nitrogens with zero attached hydrogens (tertiary/aromatic N) is 2. The molecule has 1 aliphatic rings. The molecule has 124 valence electrons. The highest BCUT2D eigenvalue weighted by atomic mass is 32.2. The Morgan fingerprint density at radius 2 is 1.68 bits per heavy atom. The lowest BCUT2D eigenvalue weighted by Crippen LogP contribution is -2.48. The first-order chi connectivity index (χ1) is 10.2. The molecule has 0 amide bonds. The monoisotopic (exact) mass is 324 g/mol. The zero-order chi connectivity index (χ0) is 16.5. The highest BCUT2D eigenvalue weighted by Crippen LogP contribution is 2.28. The predicted octanol–water partition coefficient (Wildman–Crippen LogP) is 2.62. The zero-order valence-corrected chi connectivity index (χ0v) is 15.2. The molecule has 5 heteroatoms. The first-order valence-electron chi connectivity index (χ1n) is 8.00. The number of hydrogen-bond acceptors (Lipinski definition) is 3. The van der Waals surface area contributed by atoms with Crippen LogP contribution in [-0.2, 0) is 15.4 Å². The molecular formula is C17H28N2O2S. The highest BCUT2D eigenvalue weighted by molar-refractivity contribution is 7.89. The van der Waals surface area contributed by atoms with Crippen molar-refractivity contribution in [3.63, 3.8) is 0 Å². The van der Waals surface area contributed by atoms with E-state index in [-0.39, 0.29) is 5.41 Å². The van der Waals surface area contributed by atoms with Crippen LogP contribution in [0.5, 0.6) is 0 Å². The first-order valence-corrected chi connectivity index (χ1v) is 9.44. The van der Waals surface area contributed by atoms with Crippen molar-refractivity contribution in [2.75, 3.05) is 32.7 Å². The van der Waals surface area contributed by atoms with Crippen LogP contribution in [0, 0.1) is 6.92 Å². The molecule has 1 aliphatic heterocycles. The minimum absolute atomic E-state index is 0.0567. The van der Waals surface area contributed by atoms with Gasteiger partial charge in [-0.15, -0.1) is 0 Å². The summed E-state index contributed by atoms with van der Waals surface area (Å²) in [7, 11) is -3.40. The maximum Gasteiger partial charge on any atom is 0.243 e. The molecule has 0 N–H and O–H groups in total. The summed E-state index contributed by atoms with van der Waals surface area (Å²) >= 11 is 0. The van der Waals surface area contributed by atoms with Crippen molar-refractivity contribution >= 4 is 10.0 Å². The third-order valence-corrected chi connectivity index (χ3v) is 6.49. The van der Waals surface area contributed by atoms with E-state index in [0.29, 0.717) is 18.0 Å². The van der Waals surface area contributed by atoms with E-state index in [2.05, 4.69) is 32.6 Å². The Morgan fingerprint density at radius 3 is 2.18 bits per heavy atom. The Labute approximate surface area is 135 Å². The van der Waals surface area contributed by atoms with Gasteiger partial charge >= 0.3 is 0 Å². The van der Waals surface area contributed by atoms with Crippen LogP contribution in [0.2, 0.25) is 0 Å². The zero-order valence-electron chi connectivity index (χ0n) is 14.4. The minimum Gasteiger partial charge on any atom is -0.301 e. The minimum atomic E-state index is -3.40. The maximum absolute atomic E-state index is 13.0. The molecule has 0 bridgehead atoms. The van der Waals surface area contributed by atoms with E-state index in [4.69, 9.17) is 0 Å². The van der Waals surface area contributed by atoms with Gasteiger partial charge in [0.25, 0.3) is 0 Å². The molecule has 0 unspecified atom stereocenters. The summed E-state index contributed by atoms with van der Waals surface area (Å²) in [6.07, 6.45) is 0. The van der Waals surface area contributed by atoms with Crippen LogP contribution in [0.4, 0.5) is 0 Å². The Balaban J connectivity index is 2.34. The van der Waals surface area contributed by atoms with Crippen LogP contribution in [0.3, 0.4) is 0 Å².